The molecule has 106 valence electrons. The van der Waals surface area contributed by atoms with E-state index in [4.69, 9.17) is 4.74 Å². The molecule has 2 aromatic rings. The third-order valence-corrected chi connectivity index (χ3v) is 3.16. The minimum absolute atomic E-state index is 0.128. The van der Waals surface area contributed by atoms with Crippen LogP contribution in [0, 0.1) is 5.82 Å². The largest absolute Gasteiger partial charge is 0.378 e. The van der Waals surface area contributed by atoms with Gasteiger partial charge in [0, 0.05) is 6.54 Å². The Morgan fingerprint density at radius 2 is 2.45 bits per heavy atom. The Labute approximate surface area is 114 Å². The van der Waals surface area contributed by atoms with Crippen LogP contribution < -0.4 is 10.6 Å². The molecule has 0 spiro atoms. The van der Waals surface area contributed by atoms with Gasteiger partial charge in [-0.05, 0) is 18.2 Å². The van der Waals surface area contributed by atoms with Gasteiger partial charge in [-0.25, -0.2) is 9.37 Å². The molecule has 20 heavy (non-hydrogen) atoms. The van der Waals surface area contributed by atoms with Crippen molar-refractivity contribution in [3.8, 4) is 0 Å². The van der Waals surface area contributed by atoms with Crippen molar-refractivity contribution in [1.29, 1.82) is 0 Å². The summed E-state index contributed by atoms with van der Waals surface area (Å²) in [4.78, 5) is 19.1. The fourth-order valence-electron chi connectivity index (χ4n) is 2.15. The highest BCUT2D eigenvalue weighted by atomic mass is 19.1. The first-order chi connectivity index (χ1) is 9.72. The number of imidazole rings is 1. The van der Waals surface area contributed by atoms with Gasteiger partial charge >= 0.3 is 0 Å². The zero-order chi connectivity index (χ0) is 13.9. The summed E-state index contributed by atoms with van der Waals surface area (Å²) < 4.78 is 18.3. The summed E-state index contributed by atoms with van der Waals surface area (Å²) in [5.41, 5.74) is 1.29. The molecule has 1 saturated heterocycles. The van der Waals surface area contributed by atoms with Crippen LogP contribution in [-0.2, 0) is 16.1 Å². The third-order valence-electron chi connectivity index (χ3n) is 3.16. The number of aromatic amines is 1. The van der Waals surface area contributed by atoms with Crippen molar-refractivity contribution < 1.29 is 13.9 Å². The van der Waals surface area contributed by atoms with E-state index in [-0.39, 0.29) is 24.3 Å². The van der Waals surface area contributed by atoms with Crippen molar-refractivity contribution in [3.63, 3.8) is 0 Å². The number of hydrogen-bond donors (Lipinski definition) is 3. The van der Waals surface area contributed by atoms with Gasteiger partial charge in [-0.15, -0.1) is 0 Å². The number of benzene rings is 1. The second-order valence-corrected chi connectivity index (χ2v) is 4.64. The molecule has 3 N–H and O–H groups in total. The molecular formula is C13H15FN4O2. The Morgan fingerprint density at radius 1 is 1.55 bits per heavy atom. The van der Waals surface area contributed by atoms with Crippen LogP contribution in [0.5, 0.6) is 0 Å². The number of H-pyrrole nitrogens is 1. The number of carbonyl (C=O) groups is 1. The Hall–Kier alpha value is -1.99. The van der Waals surface area contributed by atoms with Gasteiger partial charge in [-0.3, -0.25) is 4.79 Å². The van der Waals surface area contributed by atoms with E-state index >= 15 is 0 Å². The van der Waals surface area contributed by atoms with Crippen LogP contribution >= 0.6 is 0 Å². The van der Waals surface area contributed by atoms with Crippen LogP contribution in [0.15, 0.2) is 18.2 Å². The number of rotatable bonds is 3. The summed E-state index contributed by atoms with van der Waals surface area (Å²) >= 11 is 0. The van der Waals surface area contributed by atoms with E-state index in [1.54, 1.807) is 6.07 Å². The van der Waals surface area contributed by atoms with Gasteiger partial charge in [0.2, 0.25) is 5.91 Å². The molecule has 1 aliphatic heterocycles. The maximum absolute atomic E-state index is 13.1. The van der Waals surface area contributed by atoms with E-state index in [9.17, 15) is 9.18 Å². The number of aromatic nitrogens is 2. The summed E-state index contributed by atoms with van der Waals surface area (Å²) in [6.07, 6.45) is 0. The summed E-state index contributed by atoms with van der Waals surface area (Å²) in [7, 11) is 0. The molecule has 0 saturated carbocycles. The monoisotopic (exact) mass is 278 g/mol. The highest BCUT2D eigenvalue weighted by Crippen LogP contribution is 2.12. The molecule has 0 aliphatic carbocycles. The van der Waals surface area contributed by atoms with E-state index in [1.165, 1.54) is 12.1 Å². The molecular weight excluding hydrogens is 263 g/mol. The van der Waals surface area contributed by atoms with Gasteiger partial charge in [0.15, 0.2) is 0 Å². The number of nitrogens with zero attached hydrogens (tertiary/aromatic N) is 1. The van der Waals surface area contributed by atoms with Crippen LogP contribution in [0.2, 0.25) is 0 Å². The number of nitrogens with one attached hydrogen (secondary N) is 3. The maximum Gasteiger partial charge on any atom is 0.239 e. The second kappa shape index (κ2) is 5.56. The second-order valence-electron chi connectivity index (χ2n) is 4.64. The molecule has 0 bridgehead atoms. The first-order valence-corrected chi connectivity index (χ1v) is 6.45. The summed E-state index contributed by atoms with van der Waals surface area (Å²) in [5, 5.41) is 5.85. The van der Waals surface area contributed by atoms with Crippen LogP contribution in [-0.4, -0.2) is 41.7 Å². The molecule has 1 unspecified atom stereocenters. The molecule has 1 aliphatic rings. The number of halogens is 1. The average molecular weight is 278 g/mol. The van der Waals surface area contributed by atoms with Gasteiger partial charge in [0.1, 0.15) is 17.7 Å². The minimum Gasteiger partial charge on any atom is -0.378 e. The zero-order valence-corrected chi connectivity index (χ0v) is 10.8. The summed E-state index contributed by atoms with van der Waals surface area (Å²) in [6.45, 7) is 1.94. The maximum atomic E-state index is 13.1. The molecule has 7 heteroatoms. The van der Waals surface area contributed by atoms with Crippen LogP contribution in [0.25, 0.3) is 11.0 Å². The van der Waals surface area contributed by atoms with Crippen LogP contribution in [0.1, 0.15) is 5.82 Å². The lowest BCUT2D eigenvalue weighted by Crippen LogP contribution is -2.51. The predicted molar refractivity (Wildman–Crippen MR) is 70.5 cm³/mol. The van der Waals surface area contributed by atoms with Gasteiger partial charge in [0.05, 0.1) is 30.8 Å². The van der Waals surface area contributed by atoms with Crippen molar-refractivity contribution in [3.05, 3.63) is 29.8 Å². The van der Waals surface area contributed by atoms with E-state index in [2.05, 4.69) is 20.6 Å². The highest BCUT2D eigenvalue weighted by molar-refractivity contribution is 5.82. The highest BCUT2D eigenvalue weighted by Gasteiger charge is 2.20. The Bertz CT molecular complexity index is 622. The van der Waals surface area contributed by atoms with Crippen LogP contribution in [0.3, 0.4) is 0 Å². The number of morpholine rings is 1. The van der Waals surface area contributed by atoms with Crippen molar-refractivity contribution >= 4 is 16.9 Å². The number of fused-ring (bicyclic) bond motifs is 1. The SMILES string of the molecule is O=C(NCc1nc2ccc(F)cc2[nH]1)C1COCCN1. The molecule has 1 atom stereocenters. The first-order valence-electron chi connectivity index (χ1n) is 6.45. The summed E-state index contributed by atoms with van der Waals surface area (Å²) in [6, 6.07) is 4.01. The van der Waals surface area contributed by atoms with Gasteiger partial charge in [0.25, 0.3) is 0 Å². The van der Waals surface area contributed by atoms with Crippen molar-refractivity contribution in [1.82, 2.24) is 20.6 Å². The quantitative estimate of drug-likeness (QED) is 0.755. The molecule has 3 rings (SSSR count). The fraction of sp³-hybridized carbons (Fsp3) is 0.385. The van der Waals surface area contributed by atoms with E-state index < -0.39 is 0 Å². The lowest BCUT2D eigenvalue weighted by Gasteiger charge is -2.22. The topological polar surface area (TPSA) is 79.0 Å². The molecule has 2 heterocycles. The molecule has 1 aromatic carbocycles. The molecule has 1 amide bonds. The van der Waals surface area contributed by atoms with E-state index in [1.807, 2.05) is 0 Å². The van der Waals surface area contributed by atoms with Gasteiger partial charge in [-0.1, -0.05) is 0 Å². The van der Waals surface area contributed by atoms with Crippen molar-refractivity contribution in [2.24, 2.45) is 0 Å². The Kier molecular flexibility index (Phi) is 3.62. The first kappa shape index (κ1) is 13.0. The molecule has 6 nitrogen and oxygen atoms in total. The predicted octanol–water partition coefficient (Wildman–Crippen LogP) is 0.307. The third kappa shape index (κ3) is 2.78. The van der Waals surface area contributed by atoms with E-state index in [0.717, 1.165) is 0 Å². The lowest BCUT2D eigenvalue weighted by atomic mass is 10.2. The fourth-order valence-corrected chi connectivity index (χ4v) is 2.15. The Balaban J connectivity index is 1.63. The number of hydrogen-bond acceptors (Lipinski definition) is 4. The molecule has 1 aromatic heterocycles. The van der Waals surface area contributed by atoms with Crippen molar-refractivity contribution in [2.75, 3.05) is 19.8 Å². The molecule has 0 radical (unpaired) electrons. The average Bonchev–Trinajstić information content (AvgIpc) is 2.87. The normalized spacial score (nSPS) is 19.1. The number of ether oxygens (including phenoxy) is 1. The minimum atomic E-state index is -0.328. The van der Waals surface area contributed by atoms with Gasteiger partial charge in [-0.2, -0.15) is 0 Å². The van der Waals surface area contributed by atoms with Crippen molar-refractivity contribution in [2.45, 2.75) is 12.6 Å². The smallest absolute Gasteiger partial charge is 0.239 e. The standard InChI is InChI=1S/C13H15FN4O2/c14-8-1-2-9-10(5-8)18-12(17-9)6-16-13(19)11-7-20-4-3-15-11/h1-2,5,11,15H,3-4,6-7H2,(H,16,19)(H,17,18). The number of amides is 1. The lowest BCUT2D eigenvalue weighted by molar-refractivity contribution is -0.126. The summed E-state index contributed by atoms with van der Waals surface area (Å²) in [5.74, 6) is 0.146. The Morgan fingerprint density at radius 3 is 3.25 bits per heavy atom. The van der Waals surface area contributed by atoms with Gasteiger partial charge < -0.3 is 20.4 Å². The number of carbonyl (C=O) groups excluding carboxylic acids is 1. The van der Waals surface area contributed by atoms with E-state index in [0.29, 0.717) is 36.6 Å². The molecule has 1 fully saturated rings. The zero-order valence-electron chi connectivity index (χ0n) is 10.8. The van der Waals surface area contributed by atoms with Crippen LogP contribution in [0.4, 0.5) is 4.39 Å².